The van der Waals surface area contributed by atoms with Gasteiger partial charge in [0.2, 0.25) is 0 Å². The van der Waals surface area contributed by atoms with E-state index in [0.29, 0.717) is 0 Å². The number of hydrogen-bond acceptors (Lipinski definition) is 1. The predicted octanol–water partition coefficient (Wildman–Crippen LogP) is 4.06. The quantitative estimate of drug-likeness (QED) is 0.814. The summed E-state index contributed by atoms with van der Waals surface area (Å²) in [5, 5.41) is 0. The summed E-state index contributed by atoms with van der Waals surface area (Å²) in [6, 6.07) is 6.27. The molecule has 0 atom stereocenters. The summed E-state index contributed by atoms with van der Waals surface area (Å²) in [6.45, 7) is 6.41. The van der Waals surface area contributed by atoms with E-state index in [1.54, 1.807) is 0 Å². The van der Waals surface area contributed by atoms with Gasteiger partial charge < -0.3 is 4.90 Å². The maximum absolute atomic E-state index is 3.56. The number of nitrogens with zero attached hydrogens (tertiary/aromatic N) is 1. The molecular formula is C10H13Br2N. The average Bonchev–Trinajstić information content (AvgIpc) is 2.10. The van der Waals surface area contributed by atoms with Gasteiger partial charge in [0.05, 0.1) is 5.69 Å². The van der Waals surface area contributed by atoms with Crippen molar-refractivity contribution in [3.05, 3.63) is 27.1 Å². The van der Waals surface area contributed by atoms with Gasteiger partial charge in [0.15, 0.2) is 0 Å². The fourth-order valence-electron chi connectivity index (χ4n) is 1.30. The molecule has 0 saturated carbocycles. The molecule has 72 valence electrons. The van der Waals surface area contributed by atoms with E-state index in [1.165, 1.54) is 5.69 Å². The second-order valence-electron chi connectivity index (χ2n) is 2.77. The molecule has 0 amide bonds. The van der Waals surface area contributed by atoms with E-state index in [1.807, 2.05) is 0 Å². The van der Waals surface area contributed by atoms with E-state index < -0.39 is 0 Å². The minimum Gasteiger partial charge on any atom is -0.371 e. The Morgan fingerprint density at radius 1 is 1.15 bits per heavy atom. The molecular weight excluding hydrogens is 294 g/mol. The molecule has 1 rings (SSSR count). The minimum absolute atomic E-state index is 1.04. The zero-order chi connectivity index (χ0) is 9.84. The number of rotatable bonds is 3. The molecule has 0 bridgehead atoms. The van der Waals surface area contributed by atoms with Crippen LogP contribution in [0.25, 0.3) is 0 Å². The first-order valence-electron chi connectivity index (χ1n) is 4.39. The molecule has 1 aromatic rings. The minimum atomic E-state index is 1.04. The Morgan fingerprint density at radius 3 is 2.23 bits per heavy atom. The summed E-state index contributed by atoms with van der Waals surface area (Å²) in [5.74, 6) is 0. The lowest BCUT2D eigenvalue weighted by Crippen LogP contribution is -2.22. The van der Waals surface area contributed by atoms with Crippen LogP contribution >= 0.6 is 31.9 Å². The van der Waals surface area contributed by atoms with Gasteiger partial charge in [-0.1, -0.05) is 15.9 Å². The summed E-state index contributed by atoms with van der Waals surface area (Å²) >= 11 is 7.00. The van der Waals surface area contributed by atoms with Gasteiger partial charge in [-0.15, -0.1) is 0 Å². The summed E-state index contributed by atoms with van der Waals surface area (Å²) in [5.41, 5.74) is 1.26. The first-order chi connectivity index (χ1) is 6.19. The fourth-order valence-corrected chi connectivity index (χ4v) is 2.60. The first kappa shape index (κ1) is 11.1. The molecule has 0 radical (unpaired) electrons. The molecule has 0 spiro atoms. The van der Waals surface area contributed by atoms with Crippen LogP contribution in [-0.4, -0.2) is 13.1 Å². The Labute approximate surface area is 96.4 Å². The molecule has 0 unspecified atom stereocenters. The van der Waals surface area contributed by atoms with Crippen LogP contribution in [0, 0.1) is 0 Å². The second kappa shape index (κ2) is 5.01. The molecule has 1 nitrogen and oxygen atoms in total. The highest BCUT2D eigenvalue weighted by Gasteiger charge is 2.05. The predicted molar refractivity (Wildman–Crippen MR) is 65.4 cm³/mol. The lowest BCUT2D eigenvalue weighted by atomic mass is 10.3. The van der Waals surface area contributed by atoms with E-state index >= 15 is 0 Å². The highest BCUT2D eigenvalue weighted by atomic mass is 79.9. The van der Waals surface area contributed by atoms with Gasteiger partial charge >= 0.3 is 0 Å². The monoisotopic (exact) mass is 305 g/mol. The van der Waals surface area contributed by atoms with Gasteiger partial charge in [-0.2, -0.15) is 0 Å². The van der Waals surface area contributed by atoms with E-state index in [-0.39, 0.29) is 0 Å². The molecule has 1 aromatic carbocycles. The van der Waals surface area contributed by atoms with Crippen molar-refractivity contribution in [2.45, 2.75) is 13.8 Å². The van der Waals surface area contributed by atoms with Crippen molar-refractivity contribution >= 4 is 37.5 Å². The Hall–Kier alpha value is -0.0200. The third-order valence-electron chi connectivity index (χ3n) is 2.01. The highest BCUT2D eigenvalue weighted by molar-refractivity contribution is 9.11. The van der Waals surface area contributed by atoms with Gasteiger partial charge in [0.25, 0.3) is 0 Å². The molecule has 3 heteroatoms. The molecule has 0 aromatic heterocycles. The molecule has 0 saturated heterocycles. The van der Waals surface area contributed by atoms with Crippen LogP contribution in [0.3, 0.4) is 0 Å². The second-order valence-corrected chi connectivity index (χ2v) is 4.54. The smallest absolute Gasteiger partial charge is 0.0511 e. The van der Waals surface area contributed by atoms with Crippen molar-refractivity contribution in [1.82, 2.24) is 0 Å². The standard InChI is InChI=1S/C10H13Br2N/c1-3-13(4-2)10-6-5-8(11)7-9(10)12/h5-7H,3-4H2,1-2H3. The lowest BCUT2D eigenvalue weighted by molar-refractivity contribution is 0.863. The van der Waals surface area contributed by atoms with Gasteiger partial charge in [0, 0.05) is 22.0 Å². The van der Waals surface area contributed by atoms with E-state index in [4.69, 9.17) is 0 Å². The SMILES string of the molecule is CCN(CC)c1ccc(Br)cc1Br. The number of halogens is 2. The van der Waals surface area contributed by atoms with Gasteiger partial charge in [-0.3, -0.25) is 0 Å². The van der Waals surface area contributed by atoms with Gasteiger partial charge in [0.1, 0.15) is 0 Å². The van der Waals surface area contributed by atoms with Crippen LogP contribution in [0.5, 0.6) is 0 Å². The topological polar surface area (TPSA) is 3.24 Å². The molecule has 0 heterocycles. The largest absolute Gasteiger partial charge is 0.371 e. The zero-order valence-corrected chi connectivity index (χ0v) is 11.0. The number of anilines is 1. The van der Waals surface area contributed by atoms with Crippen molar-refractivity contribution < 1.29 is 0 Å². The molecule has 0 aliphatic carbocycles. The van der Waals surface area contributed by atoms with Crippen molar-refractivity contribution in [2.75, 3.05) is 18.0 Å². The summed E-state index contributed by atoms with van der Waals surface area (Å²) < 4.78 is 2.25. The molecule has 0 aliphatic rings. The normalized spacial score (nSPS) is 10.2. The molecule has 0 fully saturated rings. The van der Waals surface area contributed by atoms with Crippen LogP contribution in [-0.2, 0) is 0 Å². The van der Waals surface area contributed by atoms with Crippen LogP contribution in [0.4, 0.5) is 5.69 Å². The zero-order valence-electron chi connectivity index (χ0n) is 7.85. The number of hydrogen-bond donors (Lipinski definition) is 0. The molecule has 0 N–H and O–H groups in total. The lowest BCUT2D eigenvalue weighted by Gasteiger charge is -2.22. The van der Waals surface area contributed by atoms with Crippen LogP contribution in [0.2, 0.25) is 0 Å². The Morgan fingerprint density at radius 2 is 1.77 bits per heavy atom. The van der Waals surface area contributed by atoms with Crippen molar-refractivity contribution in [3.8, 4) is 0 Å². The Balaban J connectivity index is 2.99. The highest BCUT2D eigenvalue weighted by Crippen LogP contribution is 2.28. The Bertz CT molecular complexity index is 282. The van der Waals surface area contributed by atoms with E-state index in [2.05, 4.69) is 68.8 Å². The maximum Gasteiger partial charge on any atom is 0.0511 e. The van der Waals surface area contributed by atoms with Crippen molar-refractivity contribution in [3.63, 3.8) is 0 Å². The fraction of sp³-hybridized carbons (Fsp3) is 0.400. The summed E-state index contributed by atoms with van der Waals surface area (Å²) in [7, 11) is 0. The molecule has 13 heavy (non-hydrogen) atoms. The van der Waals surface area contributed by atoms with Crippen LogP contribution < -0.4 is 4.90 Å². The average molecular weight is 307 g/mol. The van der Waals surface area contributed by atoms with Gasteiger partial charge in [-0.25, -0.2) is 0 Å². The molecule has 0 aliphatic heterocycles. The third kappa shape index (κ3) is 2.71. The van der Waals surface area contributed by atoms with Crippen LogP contribution in [0.15, 0.2) is 27.1 Å². The summed E-state index contributed by atoms with van der Waals surface area (Å²) in [4.78, 5) is 2.32. The van der Waals surface area contributed by atoms with Crippen LogP contribution in [0.1, 0.15) is 13.8 Å². The van der Waals surface area contributed by atoms with E-state index in [9.17, 15) is 0 Å². The first-order valence-corrected chi connectivity index (χ1v) is 5.97. The Kier molecular flexibility index (Phi) is 4.26. The summed E-state index contributed by atoms with van der Waals surface area (Å²) in [6.07, 6.45) is 0. The third-order valence-corrected chi connectivity index (χ3v) is 3.14. The van der Waals surface area contributed by atoms with Crippen molar-refractivity contribution in [1.29, 1.82) is 0 Å². The van der Waals surface area contributed by atoms with Crippen molar-refractivity contribution in [2.24, 2.45) is 0 Å². The maximum atomic E-state index is 3.56. The van der Waals surface area contributed by atoms with Gasteiger partial charge in [-0.05, 0) is 48.0 Å². The number of benzene rings is 1. The van der Waals surface area contributed by atoms with E-state index in [0.717, 1.165) is 22.0 Å².